The molecule has 0 aliphatic heterocycles. The average molecular weight is 218 g/mol. The fourth-order valence-corrected chi connectivity index (χ4v) is 2.21. The van der Waals surface area contributed by atoms with E-state index >= 15 is 0 Å². The van der Waals surface area contributed by atoms with E-state index in [0.717, 1.165) is 12.3 Å². The molecule has 78 valence electrons. The summed E-state index contributed by atoms with van der Waals surface area (Å²) >= 11 is 0. The van der Waals surface area contributed by atoms with Crippen molar-refractivity contribution in [3.05, 3.63) is 29.8 Å². The zero-order valence-corrected chi connectivity index (χ0v) is 8.30. The molecule has 0 aliphatic rings. The number of aromatic nitrogens is 1. The van der Waals surface area contributed by atoms with Gasteiger partial charge in [0.1, 0.15) is 5.82 Å². The largest absolute Gasteiger partial charge is 0.329 e. The van der Waals surface area contributed by atoms with Gasteiger partial charge in [0.05, 0.1) is 17.7 Å². The summed E-state index contributed by atoms with van der Waals surface area (Å²) in [5.74, 6) is -0.844. The number of hydrogen-bond donors (Lipinski definition) is 1. The molecule has 1 aromatic rings. The zero-order valence-electron chi connectivity index (χ0n) is 7.48. The van der Waals surface area contributed by atoms with Gasteiger partial charge in [0.25, 0.3) is 0 Å². The van der Waals surface area contributed by atoms with Gasteiger partial charge in [-0.05, 0) is 11.6 Å². The predicted molar refractivity (Wildman–Crippen MR) is 50.7 cm³/mol. The number of halogens is 1. The summed E-state index contributed by atoms with van der Waals surface area (Å²) in [6.07, 6.45) is 2.36. The van der Waals surface area contributed by atoms with Crippen molar-refractivity contribution in [1.29, 1.82) is 0 Å². The Hall–Kier alpha value is -1.01. The van der Waals surface area contributed by atoms with Gasteiger partial charge in [-0.3, -0.25) is 4.98 Å². The third-order valence-electron chi connectivity index (χ3n) is 1.58. The Kier molecular flexibility index (Phi) is 3.54. The Morgan fingerprint density at radius 2 is 2.14 bits per heavy atom. The molecule has 0 aliphatic carbocycles. The van der Waals surface area contributed by atoms with Gasteiger partial charge in [-0.2, -0.15) is 0 Å². The van der Waals surface area contributed by atoms with Crippen molar-refractivity contribution in [3.63, 3.8) is 0 Å². The number of rotatable bonds is 4. The normalized spacial score (nSPS) is 11.6. The van der Waals surface area contributed by atoms with Crippen LogP contribution in [0.5, 0.6) is 0 Å². The van der Waals surface area contributed by atoms with E-state index < -0.39 is 15.7 Å². The molecule has 1 heterocycles. The Labute approximate surface area is 81.9 Å². The highest BCUT2D eigenvalue weighted by atomic mass is 32.2. The lowest BCUT2D eigenvalue weighted by molar-refractivity contribution is 0.594. The van der Waals surface area contributed by atoms with Crippen LogP contribution in [0.25, 0.3) is 0 Å². The van der Waals surface area contributed by atoms with Crippen LogP contribution in [0, 0.1) is 5.82 Å². The van der Waals surface area contributed by atoms with E-state index in [1.807, 2.05) is 0 Å². The van der Waals surface area contributed by atoms with Crippen molar-refractivity contribution in [3.8, 4) is 0 Å². The number of nitrogens with zero attached hydrogens (tertiary/aromatic N) is 1. The van der Waals surface area contributed by atoms with Crippen molar-refractivity contribution in [2.45, 2.75) is 5.75 Å². The van der Waals surface area contributed by atoms with Gasteiger partial charge in [-0.1, -0.05) is 0 Å². The Morgan fingerprint density at radius 3 is 2.71 bits per heavy atom. The van der Waals surface area contributed by atoms with Crippen LogP contribution in [-0.4, -0.2) is 25.7 Å². The van der Waals surface area contributed by atoms with Crippen LogP contribution in [0.2, 0.25) is 0 Å². The van der Waals surface area contributed by atoms with E-state index in [9.17, 15) is 12.8 Å². The first-order valence-electron chi connectivity index (χ1n) is 4.03. The number of hydrogen-bond acceptors (Lipinski definition) is 4. The monoisotopic (exact) mass is 218 g/mol. The molecule has 0 unspecified atom stereocenters. The molecule has 0 aromatic carbocycles. The molecule has 14 heavy (non-hydrogen) atoms. The zero-order chi connectivity index (χ0) is 10.6. The van der Waals surface area contributed by atoms with Gasteiger partial charge < -0.3 is 5.73 Å². The minimum atomic E-state index is -3.23. The molecule has 0 amide bonds. The van der Waals surface area contributed by atoms with E-state index in [2.05, 4.69) is 4.98 Å². The lowest BCUT2D eigenvalue weighted by Gasteiger charge is -2.01. The summed E-state index contributed by atoms with van der Waals surface area (Å²) < 4.78 is 35.2. The maximum atomic E-state index is 12.6. The fourth-order valence-electron chi connectivity index (χ4n) is 1.04. The first-order valence-corrected chi connectivity index (χ1v) is 5.85. The van der Waals surface area contributed by atoms with Gasteiger partial charge in [0, 0.05) is 12.7 Å². The smallest absolute Gasteiger partial charge is 0.155 e. The van der Waals surface area contributed by atoms with Crippen LogP contribution >= 0.6 is 0 Å². The molecule has 0 saturated heterocycles. The predicted octanol–water partition coefficient (Wildman–Crippen LogP) is 0.0942. The van der Waals surface area contributed by atoms with Gasteiger partial charge in [0.15, 0.2) is 9.84 Å². The molecule has 1 aromatic heterocycles. The van der Waals surface area contributed by atoms with E-state index in [-0.39, 0.29) is 18.1 Å². The SMILES string of the molecule is NCCS(=O)(=O)Cc1cncc(F)c1. The van der Waals surface area contributed by atoms with Crippen LogP contribution in [0.1, 0.15) is 5.56 Å². The molecule has 0 saturated carbocycles. The molecule has 0 fully saturated rings. The minimum Gasteiger partial charge on any atom is -0.329 e. The quantitative estimate of drug-likeness (QED) is 0.777. The lowest BCUT2D eigenvalue weighted by Crippen LogP contribution is -2.17. The van der Waals surface area contributed by atoms with Crippen LogP contribution in [0.15, 0.2) is 18.5 Å². The third-order valence-corrected chi connectivity index (χ3v) is 3.21. The standard InChI is InChI=1S/C8H11FN2O2S/c9-8-3-7(4-11-5-8)6-14(12,13)2-1-10/h3-5H,1-2,6,10H2. The Bertz CT molecular complexity index is 406. The van der Waals surface area contributed by atoms with E-state index in [0.29, 0.717) is 5.56 Å². The van der Waals surface area contributed by atoms with Crippen molar-refractivity contribution in [2.24, 2.45) is 5.73 Å². The number of nitrogens with two attached hydrogens (primary N) is 1. The van der Waals surface area contributed by atoms with Gasteiger partial charge in [0.2, 0.25) is 0 Å². The highest BCUT2D eigenvalue weighted by Crippen LogP contribution is 2.06. The first-order chi connectivity index (χ1) is 6.53. The van der Waals surface area contributed by atoms with Crippen LogP contribution in [0.3, 0.4) is 0 Å². The highest BCUT2D eigenvalue weighted by molar-refractivity contribution is 7.90. The second kappa shape index (κ2) is 4.47. The van der Waals surface area contributed by atoms with Crippen molar-refractivity contribution in [1.82, 2.24) is 4.98 Å². The molecule has 0 spiro atoms. The van der Waals surface area contributed by atoms with E-state index in [1.54, 1.807) is 0 Å². The van der Waals surface area contributed by atoms with Gasteiger partial charge >= 0.3 is 0 Å². The highest BCUT2D eigenvalue weighted by Gasteiger charge is 2.11. The third kappa shape index (κ3) is 3.39. The Balaban J connectivity index is 2.79. The molecular formula is C8H11FN2O2S. The van der Waals surface area contributed by atoms with Crippen LogP contribution in [0.4, 0.5) is 4.39 Å². The van der Waals surface area contributed by atoms with Crippen molar-refractivity contribution in [2.75, 3.05) is 12.3 Å². The van der Waals surface area contributed by atoms with E-state index in [1.165, 1.54) is 6.20 Å². The van der Waals surface area contributed by atoms with Crippen LogP contribution < -0.4 is 5.73 Å². The Morgan fingerprint density at radius 1 is 1.43 bits per heavy atom. The summed E-state index contributed by atoms with van der Waals surface area (Å²) in [5.41, 5.74) is 5.48. The molecule has 0 bridgehead atoms. The molecular weight excluding hydrogens is 207 g/mol. The summed E-state index contributed by atoms with van der Waals surface area (Å²) in [5, 5.41) is 0. The lowest BCUT2D eigenvalue weighted by atomic mass is 10.3. The van der Waals surface area contributed by atoms with Crippen molar-refractivity contribution < 1.29 is 12.8 Å². The van der Waals surface area contributed by atoms with Crippen molar-refractivity contribution >= 4 is 9.84 Å². The molecule has 2 N–H and O–H groups in total. The minimum absolute atomic E-state index is 0.0745. The van der Waals surface area contributed by atoms with Gasteiger partial charge in [-0.25, -0.2) is 12.8 Å². The molecule has 1 rings (SSSR count). The second-order valence-corrected chi connectivity index (χ2v) is 5.08. The molecule has 0 atom stereocenters. The maximum Gasteiger partial charge on any atom is 0.155 e. The van der Waals surface area contributed by atoms with E-state index in [4.69, 9.17) is 5.73 Å². The summed E-state index contributed by atoms with van der Waals surface area (Å²) in [6.45, 7) is 0.0745. The summed E-state index contributed by atoms with van der Waals surface area (Å²) in [7, 11) is -3.23. The second-order valence-electron chi connectivity index (χ2n) is 2.89. The number of pyridine rings is 1. The molecule has 0 radical (unpaired) electrons. The molecule has 6 heteroatoms. The topological polar surface area (TPSA) is 73.1 Å². The molecule has 4 nitrogen and oxygen atoms in total. The average Bonchev–Trinajstić information content (AvgIpc) is 2.02. The summed E-state index contributed by atoms with van der Waals surface area (Å²) in [6, 6.07) is 1.15. The maximum absolute atomic E-state index is 12.6. The van der Waals surface area contributed by atoms with Gasteiger partial charge in [-0.15, -0.1) is 0 Å². The first kappa shape index (κ1) is 11.1. The summed E-state index contributed by atoms with van der Waals surface area (Å²) in [4.78, 5) is 3.56. The number of sulfone groups is 1. The fraction of sp³-hybridized carbons (Fsp3) is 0.375. The van der Waals surface area contributed by atoms with Crippen LogP contribution in [-0.2, 0) is 15.6 Å².